The fourth-order valence-corrected chi connectivity index (χ4v) is 3.50. The van der Waals surface area contributed by atoms with Crippen LogP contribution in [0, 0.1) is 11.8 Å². The molecule has 3 rings (SSSR count). The standard InChI is InChI=1S/C17H21Cl2N3O2/c1-11(12-9-20-10-12)16(23)21-5-7-22(8-6-21)17(24)13-3-2-4-14(18)15(13)19/h2-4,11-12,20H,5-10H2,1H3. The van der Waals surface area contributed by atoms with E-state index in [0.717, 1.165) is 13.1 Å². The molecule has 0 radical (unpaired) electrons. The van der Waals surface area contributed by atoms with Gasteiger partial charge in [-0.25, -0.2) is 0 Å². The van der Waals surface area contributed by atoms with Crippen molar-refractivity contribution < 1.29 is 9.59 Å². The first kappa shape index (κ1) is 17.5. The van der Waals surface area contributed by atoms with Gasteiger partial charge in [-0.05, 0) is 31.1 Å². The number of hydrogen-bond acceptors (Lipinski definition) is 3. The number of amides is 2. The molecular formula is C17H21Cl2N3O2. The number of piperazine rings is 1. The highest BCUT2D eigenvalue weighted by molar-refractivity contribution is 6.43. The zero-order valence-corrected chi connectivity index (χ0v) is 15.1. The van der Waals surface area contributed by atoms with Gasteiger partial charge in [-0.15, -0.1) is 0 Å². The molecule has 2 amide bonds. The average molecular weight is 370 g/mol. The van der Waals surface area contributed by atoms with Crippen LogP contribution in [-0.4, -0.2) is 60.9 Å². The molecule has 0 aromatic heterocycles. The summed E-state index contributed by atoms with van der Waals surface area (Å²) in [4.78, 5) is 28.8. The highest BCUT2D eigenvalue weighted by Gasteiger charge is 2.33. The first-order valence-corrected chi connectivity index (χ1v) is 8.97. The van der Waals surface area contributed by atoms with Crippen molar-refractivity contribution in [2.45, 2.75) is 6.92 Å². The summed E-state index contributed by atoms with van der Waals surface area (Å²) in [6.45, 7) is 5.99. The number of carbonyl (C=O) groups excluding carboxylic acids is 2. The highest BCUT2D eigenvalue weighted by Crippen LogP contribution is 2.27. The summed E-state index contributed by atoms with van der Waals surface area (Å²) >= 11 is 12.1. The van der Waals surface area contributed by atoms with Crippen molar-refractivity contribution in [1.82, 2.24) is 15.1 Å². The van der Waals surface area contributed by atoms with Crippen molar-refractivity contribution in [1.29, 1.82) is 0 Å². The van der Waals surface area contributed by atoms with Crippen LogP contribution in [0.2, 0.25) is 10.0 Å². The predicted octanol–water partition coefficient (Wildman–Crippen LogP) is 2.13. The van der Waals surface area contributed by atoms with Gasteiger partial charge in [-0.3, -0.25) is 9.59 Å². The van der Waals surface area contributed by atoms with E-state index in [1.807, 2.05) is 11.8 Å². The van der Waals surface area contributed by atoms with Gasteiger partial charge >= 0.3 is 0 Å². The molecule has 1 aromatic rings. The lowest BCUT2D eigenvalue weighted by atomic mass is 9.88. The summed E-state index contributed by atoms with van der Waals surface area (Å²) in [5.74, 6) is 0.526. The van der Waals surface area contributed by atoms with E-state index >= 15 is 0 Å². The molecule has 2 aliphatic rings. The van der Waals surface area contributed by atoms with E-state index in [4.69, 9.17) is 23.2 Å². The number of hydrogen-bond donors (Lipinski definition) is 1. The number of rotatable bonds is 3. The number of benzene rings is 1. The third-order valence-corrected chi connectivity index (χ3v) is 5.79. The minimum Gasteiger partial charge on any atom is -0.339 e. The summed E-state index contributed by atoms with van der Waals surface area (Å²) in [5, 5.41) is 3.86. The molecule has 7 heteroatoms. The Balaban J connectivity index is 1.59. The normalized spacial score (nSPS) is 19.8. The van der Waals surface area contributed by atoms with E-state index in [1.165, 1.54) is 0 Å². The average Bonchev–Trinajstić information content (AvgIpc) is 2.54. The van der Waals surface area contributed by atoms with Crippen molar-refractivity contribution in [2.75, 3.05) is 39.3 Å². The minimum atomic E-state index is -0.133. The lowest BCUT2D eigenvalue weighted by Gasteiger charge is -2.39. The van der Waals surface area contributed by atoms with E-state index in [9.17, 15) is 9.59 Å². The zero-order valence-electron chi connectivity index (χ0n) is 13.6. The van der Waals surface area contributed by atoms with Gasteiger partial charge in [0.1, 0.15) is 0 Å². The molecule has 0 saturated carbocycles. The Bertz CT molecular complexity index is 641. The van der Waals surface area contributed by atoms with Crippen LogP contribution in [0.25, 0.3) is 0 Å². The maximum Gasteiger partial charge on any atom is 0.255 e. The van der Waals surface area contributed by atoms with E-state index in [0.29, 0.717) is 42.7 Å². The molecule has 24 heavy (non-hydrogen) atoms. The molecule has 0 spiro atoms. The second kappa shape index (κ2) is 7.30. The Labute approximate surface area is 151 Å². The van der Waals surface area contributed by atoms with Crippen LogP contribution in [0.3, 0.4) is 0 Å². The van der Waals surface area contributed by atoms with Crippen LogP contribution in [0.5, 0.6) is 0 Å². The lowest BCUT2D eigenvalue weighted by Crippen LogP contribution is -2.55. The lowest BCUT2D eigenvalue weighted by molar-refractivity contribution is -0.138. The molecule has 1 unspecified atom stereocenters. The van der Waals surface area contributed by atoms with Crippen LogP contribution in [-0.2, 0) is 4.79 Å². The van der Waals surface area contributed by atoms with Crippen LogP contribution in [0.1, 0.15) is 17.3 Å². The Hall–Kier alpha value is -1.30. The smallest absolute Gasteiger partial charge is 0.255 e. The number of halogens is 2. The van der Waals surface area contributed by atoms with E-state index in [-0.39, 0.29) is 22.8 Å². The van der Waals surface area contributed by atoms with Crippen molar-refractivity contribution in [2.24, 2.45) is 11.8 Å². The third kappa shape index (κ3) is 3.39. The topological polar surface area (TPSA) is 52.7 Å². The summed E-state index contributed by atoms with van der Waals surface area (Å²) in [7, 11) is 0. The van der Waals surface area contributed by atoms with Crippen molar-refractivity contribution in [3.63, 3.8) is 0 Å². The van der Waals surface area contributed by atoms with Crippen LogP contribution in [0.15, 0.2) is 18.2 Å². The monoisotopic (exact) mass is 369 g/mol. The van der Waals surface area contributed by atoms with Gasteiger partial charge in [-0.1, -0.05) is 36.2 Å². The van der Waals surface area contributed by atoms with Crippen LogP contribution in [0.4, 0.5) is 0 Å². The largest absolute Gasteiger partial charge is 0.339 e. The molecule has 1 aromatic carbocycles. The molecule has 2 heterocycles. The molecule has 0 bridgehead atoms. The molecule has 2 fully saturated rings. The van der Waals surface area contributed by atoms with Gasteiger partial charge in [0.15, 0.2) is 0 Å². The van der Waals surface area contributed by atoms with Crippen molar-refractivity contribution in [3.05, 3.63) is 33.8 Å². The van der Waals surface area contributed by atoms with Gasteiger partial charge < -0.3 is 15.1 Å². The fourth-order valence-electron chi connectivity index (χ4n) is 3.12. The molecule has 2 saturated heterocycles. The summed E-state index contributed by atoms with van der Waals surface area (Å²) in [5.41, 5.74) is 0.415. The van der Waals surface area contributed by atoms with Gasteiger partial charge in [-0.2, -0.15) is 0 Å². The maximum atomic E-state index is 12.6. The molecule has 0 aliphatic carbocycles. The molecule has 1 atom stereocenters. The second-order valence-corrected chi connectivity index (χ2v) is 7.21. The predicted molar refractivity (Wildman–Crippen MR) is 94.5 cm³/mol. The Kier molecular flexibility index (Phi) is 5.33. The highest BCUT2D eigenvalue weighted by atomic mass is 35.5. The maximum absolute atomic E-state index is 12.6. The Morgan fingerprint density at radius 1 is 1.12 bits per heavy atom. The van der Waals surface area contributed by atoms with E-state index in [2.05, 4.69) is 5.32 Å². The molecule has 2 aliphatic heterocycles. The molecule has 5 nitrogen and oxygen atoms in total. The van der Waals surface area contributed by atoms with E-state index < -0.39 is 0 Å². The van der Waals surface area contributed by atoms with E-state index in [1.54, 1.807) is 23.1 Å². The minimum absolute atomic E-state index is 0.0378. The summed E-state index contributed by atoms with van der Waals surface area (Å²) in [6.07, 6.45) is 0. The Morgan fingerprint density at radius 3 is 2.33 bits per heavy atom. The number of nitrogens with one attached hydrogen (secondary N) is 1. The van der Waals surface area contributed by atoms with Gasteiger partial charge in [0.2, 0.25) is 5.91 Å². The van der Waals surface area contributed by atoms with Gasteiger partial charge in [0.25, 0.3) is 5.91 Å². The molecule has 130 valence electrons. The Morgan fingerprint density at radius 2 is 1.75 bits per heavy atom. The summed E-state index contributed by atoms with van der Waals surface area (Å²) < 4.78 is 0. The second-order valence-electron chi connectivity index (χ2n) is 6.43. The van der Waals surface area contributed by atoms with Crippen LogP contribution >= 0.6 is 23.2 Å². The van der Waals surface area contributed by atoms with Crippen LogP contribution < -0.4 is 5.32 Å². The summed E-state index contributed by atoms with van der Waals surface area (Å²) in [6, 6.07) is 5.06. The fraction of sp³-hybridized carbons (Fsp3) is 0.529. The number of nitrogens with zero attached hydrogens (tertiary/aromatic N) is 2. The molecule has 1 N–H and O–H groups in total. The van der Waals surface area contributed by atoms with Crippen molar-refractivity contribution >= 4 is 35.0 Å². The first-order valence-electron chi connectivity index (χ1n) is 8.22. The molecular weight excluding hydrogens is 349 g/mol. The van der Waals surface area contributed by atoms with Gasteiger partial charge in [0, 0.05) is 32.1 Å². The van der Waals surface area contributed by atoms with Crippen molar-refractivity contribution in [3.8, 4) is 0 Å². The quantitative estimate of drug-likeness (QED) is 0.887. The first-order chi connectivity index (χ1) is 11.5. The number of carbonyl (C=O) groups is 2. The SMILES string of the molecule is CC(C(=O)N1CCN(C(=O)c2cccc(Cl)c2Cl)CC1)C1CNC1. The third-order valence-electron chi connectivity index (χ3n) is 4.97. The zero-order chi connectivity index (χ0) is 17.3. The van der Waals surface area contributed by atoms with Gasteiger partial charge in [0.05, 0.1) is 15.6 Å².